The number of hydrogen-bond acceptors (Lipinski definition) is 2. The fourth-order valence-corrected chi connectivity index (χ4v) is 7.27. The zero-order chi connectivity index (χ0) is 33.6. The molecule has 0 saturated carbocycles. The van der Waals surface area contributed by atoms with Crippen molar-refractivity contribution in [3.63, 3.8) is 0 Å². The Kier molecular flexibility index (Phi) is 7.21. The molecule has 0 saturated heterocycles. The summed E-state index contributed by atoms with van der Waals surface area (Å²) in [5, 5.41) is 0. The van der Waals surface area contributed by atoms with E-state index >= 15 is 0 Å². The first kappa shape index (κ1) is 29.6. The van der Waals surface area contributed by atoms with Crippen molar-refractivity contribution in [3.8, 4) is 67.3 Å². The Labute approximate surface area is 291 Å². The van der Waals surface area contributed by atoms with Gasteiger partial charge in [0, 0.05) is 25.2 Å². The minimum Gasteiger partial charge on any atom is -0.327 e. The molecule has 2 aromatic heterocycles. The highest BCUT2D eigenvalue weighted by Gasteiger charge is 2.19. The maximum atomic E-state index is 5.04. The molecule has 238 valence electrons. The number of aryl methyl sites for hydroxylation is 2. The monoisotopic (exact) mass is 642 g/mol. The number of benzene rings is 7. The third kappa shape index (κ3) is 5.10. The average Bonchev–Trinajstić information content (AvgIpc) is 3.71. The molecule has 0 N–H and O–H groups in total. The Balaban J connectivity index is 1.28. The highest BCUT2D eigenvalue weighted by atomic mass is 15.1. The third-order valence-corrected chi connectivity index (χ3v) is 9.75. The first-order valence-electron chi connectivity index (χ1n) is 17.0. The fraction of sp³-hybridized carbons (Fsp3) is 0.0435. The number of nitrogens with zero attached hydrogens (tertiary/aromatic N) is 4. The minimum atomic E-state index is 0.948. The molecule has 0 spiro atoms. The number of fused-ring (bicyclic) bond motifs is 2. The Hall–Kier alpha value is -6.52. The molecule has 4 nitrogen and oxygen atoms in total. The van der Waals surface area contributed by atoms with E-state index in [-0.39, 0.29) is 0 Å². The molecule has 0 fully saturated rings. The lowest BCUT2D eigenvalue weighted by Gasteiger charge is -2.20. The van der Waals surface area contributed by atoms with Crippen LogP contribution in [0.4, 0.5) is 0 Å². The van der Waals surface area contributed by atoms with Gasteiger partial charge in [-0.2, -0.15) is 0 Å². The maximum absolute atomic E-state index is 5.04. The van der Waals surface area contributed by atoms with Gasteiger partial charge in [0.15, 0.2) is 0 Å². The molecule has 4 heteroatoms. The number of aromatic nitrogens is 4. The molecule has 9 aromatic rings. The molecule has 0 bridgehead atoms. The quantitative estimate of drug-likeness (QED) is 0.181. The van der Waals surface area contributed by atoms with E-state index in [9.17, 15) is 0 Å². The summed E-state index contributed by atoms with van der Waals surface area (Å²) < 4.78 is 4.37. The van der Waals surface area contributed by atoms with E-state index in [1.807, 2.05) is 12.1 Å². The summed E-state index contributed by atoms with van der Waals surface area (Å²) in [4.78, 5) is 10.1. The molecular formula is C46H34N4. The van der Waals surface area contributed by atoms with E-state index in [1.165, 1.54) is 27.8 Å². The fourth-order valence-electron chi connectivity index (χ4n) is 7.27. The van der Waals surface area contributed by atoms with Crippen LogP contribution in [0.1, 0.15) is 0 Å². The number of imidazole rings is 2. The molecule has 0 unspecified atom stereocenters. The zero-order valence-corrected chi connectivity index (χ0v) is 28.0. The summed E-state index contributed by atoms with van der Waals surface area (Å²) in [5.74, 6) is 1.90. The van der Waals surface area contributed by atoms with Gasteiger partial charge in [-0.15, -0.1) is 0 Å². The molecule has 2 heterocycles. The van der Waals surface area contributed by atoms with Crippen LogP contribution >= 0.6 is 0 Å². The summed E-state index contributed by atoms with van der Waals surface area (Å²) in [6.45, 7) is 0. The Morgan fingerprint density at radius 3 is 1.32 bits per heavy atom. The molecule has 0 aliphatic heterocycles. The second-order valence-electron chi connectivity index (χ2n) is 12.8. The Bertz CT molecular complexity index is 2660. The van der Waals surface area contributed by atoms with E-state index in [1.54, 1.807) is 0 Å². The standard InChI is InChI=1S/C46H34N4/c1-49-42-25-11-9-23-40(42)47-45(49)35-21-13-19-33(27-35)37-29-38(31-15-5-3-6-16-31)44(32-17-7-4-8-18-32)39(30-37)34-20-14-22-36(28-34)46-48-41-24-10-12-26-43(41)50(46)2/h3-30H,1-2H3. The molecule has 50 heavy (non-hydrogen) atoms. The molecular weight excluding hydrogens is 609 g/mol. The zero-order valence-electron chi connectivity index (χ0n) is 28.0. The van der Waals surface area contributed by atoms with Gasteiger partial charge in [-0.3, -0.25) is 0 Å². The topological polar surface area (TPSA) is 35.6 Å². The van der Waals surface area contributed by atoms with Crippen LogP contribution in [-0.4, -0.2) is 19.1 Å². The highest BCUT2D eigenvalue weighted by Crippen LogP contribution is 2.44. The second kappa shape index (κ2) is 12.2. The largest absolute Gasteiger partial charge is 0.327 e. The van der Waals surface area contributed by atoms with E-state index < -0.39 is 0 Å². The van der Waals surface area contributed by atoms with Gasteiger partial charge in [0.05, 0.1) is 22.1 Å². The lowest BCUT2D eigenvalue weighted by Crippen LogP contribution is -1.96. The van der Waals surface area contributed by atoms with Gasteiger partial charge >= 0.3 is 0 Å². The van der Waals surface area contributed by atoms with E-state index in [0.717, 1.165) is 61.5 Å². The molecule has 0 atom stereocenters. The van der Waals surface area contributed by atoms with Crippen LogP contribution in [0.5, 0.6) is 0 Å². The molecule has 7 aromatic carbocycles. The normalized spacial score (nSPS) is 11.4. The van der Waals surface area contributed by atoms with Gasteiger partial charge in [0.2, 0.25) is 0 Å². The van der Waals surface area contributed by atoms with Gasteiger partial charge in [-0.05, 0) is 93.0 Å². The number of rotatable bonds is 6. The van der Waals surface area contributed by atoms with Crippen molar-refractivity contribution in [2.45, 2.75) is 0 Å². The molecule has 9 rings (SSSR count). The summed E-state index contributed by atoms with van der Waals surface area (Å²) in [6, 6.07) is 60.4. The van der Waals surface area contributed by atoms with Crippen molar-refractivity contribution in [1.29, 1.82) is 0 Å². The molecule has 0 aliphatic carbocycles. The van der Waals surface area contributed by atoms with Crippen LogP contribution in [0.25, 0.3) is 89.4 Å². The van der Waals surface area contributed by atoms with E-state index in [0.29, 0.717) is 0 Å². The van der Waals surface area contributed by atoms with Crippen LogP contribution in [-0.2, 0) is 14.1 Å². The molecule has 0 aliphatic rings. The number of para-hydroxylation sites is 4. The summed E-state index contributed by atoms with van der Waals surface area (Å²) >= 11 is 0. The molecule has 0 amide bonds. The Morgan fingerprint density at radius 2 is 0.760 bits per heavy atom. The van der Waals surface area contributed by atoms with Crippen LogP contribution in [0.3, 0.4) is 0 Å². The van der Waals surface area contributed by atoms with Gasteiger partial charge in [-0.25, -0.2) is 9.97 Å². The van der Waals surface area contributed by atoms with Crippen molar-refractivity contribution in [2.24, 2.45) is 14.1 Å². The summed E-state index contributed by atoms with van der Waals surface area (Å²) in [7, 11) is 4.19. The average molecular weight is 643 g/mol. The lowest BCUT2D eigenvalue weighted by molar-refractivity contribution is 0.959. The summed E-state index contributed by atoms with van der Waals surface area (Å²) in [5.41, 5.74) is 15.7. The molecule has 0 radical (unpaired) electrons. The van der Waals surface area contributed by atoms with Crippen LogP contribution in [0.15, 0.2) is 170 Å². The SMILES string of the molecule is Cn1c(-c2cccc(-c3cc(-c4ccccc4)c(-c4ccccc4)c(-c4cccc(-c5nc6ccccc6n5C)c4)c3)c2)nc2ccccc21. The van der Waals surface area contributed by atoms with Crippen LogP contribution < -0.4 is 0 Å². The van der Waals surface area contributed by atoms with Gasteiger partial charge in [0.25, 0.3) is 0 Å². The van der Waals surface area contributed by atoms with E-state index in [4.69, 9.17) is 9.97 Å². The second-order valence-corrected chi connectivity index (χ2v) is 12.8. The first-order valence-corrected chi connectivity index (χ1v) is 17.0. The van der Waals surface area contributed by atoms with E-state index in [2.05, 4.69) is 181 Å². The van der Waals surface area contributed by atoms with Crippen molar-refractivity contribution in [1.82, 2.24) is 19.1 Å². The lowest BCUT2D eigenvalue weighted by atomic mass is 9.84. The highest BCUT2D eigenvalue weighted by molar-refractivity contribution is 5.98. The van der Waals surface area contributed by atoms with Crippen molar-refractivity contribution < 1.29 is 0 Å². The van der Waals surface area contributed by atoms with Gasteiger partial charge in [-0.1, -0.05) is 121 Å². The van der Waals surface area contributed by atoms with Crippen molar-refractivity contribution >= 4 is 22.1 Å². The van der Waals surface area contributed by atoms with Crippen molar-refractivity contribution in [2.75, 3.05) is 0 Å². The van der Waals surface area contributed by atoms with Crippen molar-refractivity contribution in [3.05, 3.63) is 170 Å². The Morgan fingerprint density at radius 1 is 0.340 bits per heavy atom. The first-order chi connectivity index (χ1) is 24.6. The number of hydrogen-bond donors (Lipinski definition) is 0. The van der Waals surface area contributed by atoms with Gasteiger partial charge in [0.1, 0.15) is 11.6 Å². The minimum absolute atomic E-state index is 0.948. The van der Waals surface area contributed by atoms with Crippen LogP contribution in [0.2, 0.25) is 0 Å². The predicted molar refractivity (Wildman–Crippen MR) is 208 cm³/mol. The predicted octanol–water partition coefficient (Wildman–Crippen LogP) is 11.5. The van der Waals surface area contributed by atoms with Gasteiger partial charge < -0.3 is 9.13 Å². The summed E-state index contributed by atoms with van der Waals surface area (Å²) in [6.07, 6.45) is 0. The van der Waals surface area contributed by atoms with Crippen LogP contribution in [0, 0.1) is 0 Å². The third-order valence-electron chi connectivity index (χ3n) is 9.75. The smallest absolute Gasteiger partial charge is 0.140 e. The maximum Gasteiger partial charge on any atom is 0.140 e.